The van der Waals surface area contributed by atoms with Crippen molar-refractivity contribution in [2.24, 2.45) is 5.92 Å². The lowest BCUT2D eigenvalue weighted by atomic mass is 10.0. The van der Waals surface area contributed by atoms with Crippen LogP contribution in [0.25, 0.3) is 0 Å². The van der Waals surface area contributed by atoms with Crippen LogP contribution in [0.4, 0.5) is 11.4 Å². The van der Waals surface area contributed by atoms with E-state index in [1.807, 2.05) is 24.3 Å². The first kappa shape index (κ1) is 18.0. The number of hydrogen-bond donors (Lipinski definition) is 1. The van der Waals surface area contributed by atoms with Gasteiger partial charge in [-0.15, -0.1) is 0 Å². The molecule has 2 amide bonds. The van der Waals surface area contributed by atoms with E-state index in [4.69, 9.17) is 4.74 Å². The molecule has 5 nitrogen and oxygen atoms in total. The molecule has 2 aromatic rings. The van der Waals surface area contributed by atoms with Crippen LogP contribution in [-0.4, -0.2) is 25.5 Å². The highest BCUT2D eigenvalue weighted by atomic mass is 16.5. The molecule has 0 saturated carbocycles. The first-order valence-electron chi connectivity index (χ1n) is 8.83. The van der Waals surface area contributed by atoms with Crippen LogP contribution in [0.3, 0.4) is 0 Å². The fourth-order valence-electron chi connectivity index (χ4n) is 3.09. The van der Waals surface area contributed by atoms with Crippen LogP contribution in [-0.2, 0) is 9.59 Å². The van der Waals surface area contributed by atoms with E-state index in [0.717, 1.165) is 11.4 Å². The molecule has 0 unspecified atom stereocenters. The predicted molar refractivity (Wildman–Crippen MR) is 103 cm³/mol. The van der Waals surface area contributed by atoms with Gasteiger partial charge in [-0.1, -0.05) is 26.0 Å². The lowest BCUT2D eigenvalue weighted by molar-refractivity contribution is -0.122. The molecule has 2 aromatic carbocycles. The van der Waals surface area contributed by atoms with Gasteiger partial charge in [0.05, 0.1) is 13.0 Å². The lowest BCUT2D eigenvalue weighted by Gasteiger charge is -2.18. The molecular weight excluding hydrogens is 328 g/mol. The van der Waals surface area contributed by atoms with Crippen LogP contribution >= 0.6 is 0 Å². The van der Waals surface area contributed by atoms with E-state index in [9.17, 15) is 9.59 Å². The summed E-state index contributed by atoms with van der Waals surface area (Å²) in [6, 6.07) is 15.1. The molecule has 0 aromatic heterocycles. The summed E-state index contributed by atoms with van der Waals surface area (Å²) in [5, 5.41) is 2.88. The maximum atomic E-state index is 12.5. The summed E-state index contributed by atoms with van der Waals surface area (Å²) in [7, 11) is 1.60. The van der Waals surface area contributed by atoms with Crippen molar-refractivity contribution in [2.45, 2.75) is 26.2 Å². The fraction of sp³-hybridized carbons (Fsp3) is 0.333. The van der Waals surface area contributed by atoms with Gasteiger partial charge in [0.2, 0.25) is 11.8 Å². The van der Waals surface area contributed by atoms with Crippen molar-refractivity contribution in [3.8, 4) is 5.75 Å². The number of ether oxygens (including phenoxy) is 1. The highest BCUT2D eigenvalue weighted by molar-refractivity contribution is 6.03. The number of rotatable bonds is 5. The number of amides is 2. The number of anilines is 2. The molecule has 0 bridgehead atoms. The normalized spacial score (nSPS) is 16.8. The van der Waals surface area contributed by atoms with Crippen LogP contribution in [0.2, 0.25) is 0 Å². The van der Waals surface area contributed by atoms with Crippen molar-refractivity contribution >= 4 is 23.2 Å². The van der Waals surface area contributed by atoms with Crippen molar-refractivity contribution in [2.75, 3.05) is 23.9 Å². The number of nitrogens with zero attached hydrogens (tertiary/aromatic N) is 1. The number of carbonyl (C=O) groups is 2. The number of methoxy groups -OCH3 is 1. The molecule has 5 heteroatoms. The number of hydrogen-bond acceptors (Lipinski definition) is 3. The van der Waals surface area contributed by atoms with Crippen molar-refractivity contribution in [1.29, 1.82) is 0 Å². The van der Waals surface area contributed by atoms with Crippen molar-refractivity contribution in [1.82, 2.24) is 0 Å². The van der Waals surface area contributed by atoms with E-state index < -0.39 is 0 Å². The van der Waals surface area contributed by atoms with Gasteiger partial charge in [0, 0.05) is 24.3 Å². The molecule has 1 atom stereocenters. The SMILES string of the molecule is COc1ccc(NC(=O)[C@@H]2CC(=O)N(c3ccc(C(C)C)cc3)C2)cc1. The van der Waals surface area contributed by atoms with Crippen molar-refractivity contribution in [3.05, 3.63) is 54.1 Å². The molecular formula is C21H24N2O3. The summed E-state index contributed by atoms with van der Waals surface area (Å²) >= 11 is 0. The molecule has 1 fully saturated rings. The van der Waals surface area contributed by atoms with Crippen LogP contribution < -0.4 is 15.0 Å². The highest BCUT2D eigenvalue weighted by Gasteiger charge is 2.35. The standard InChI is InChI=1S/C21H24N2O3/c1-14(2)15-4-8-18(9-5-15)23-13-16(12-20(23)24)21(25)22-17-6-10-19(26-3)11-7-17/h4-11,14,16H,12-13H2,1-3H3,(H,22,25)/t16-/m1/s1. The molecule has 3 rings (SSSR count). The largest absolute Gasteiger partial charge is 0.497 e. The van der Waals surface area contributed by atoms with Gasteiger partial charge < -0.3 is 15.0 Å². The molecule has 136 valence electrons. The third-order valence-electron chi connectivity index (χ3n) is 4.72. The Morgan fingerprint density at radius 1 is 1.12 bits per heavy atom. The zero-order chi connectivity index (χ0) is 18.7. The molecule has 0 aliphatic carbocycles. The Balaban J connectivity index is 1.65. The van der Waals surface area contributed by atoms with Crippen molar-refractivity contribution in [3.63, 3.8) is 0 Å². The topological polar surface area (TPSA) is 58.6 Å². The van der Waals surface area contributed by atoms with E-state index in [0.29, 0.717) is 18.2 Å². The summed E-state index contributed by atoms with van der Waals surface area (Å²) < 4.78 is 5.11. The van der Waals surface area contributed by atoms with Gasteiger partial charge in [-0.25, -0.2) is 0 Å². The minimum Gasteiger partial charge on any atom is -0.497 e. The summed E-state index contributed by atoms with van der Waals surface area (Å²) in [6.45, 7) is 4.67. The molecule has 1 aliphatic heterocycles. The van der Waals surface area contributed by atoms with E-state index >= 15 is 0 Å². The molecule has 0 spiro atoms. The second-order valence-electron chi connectivity index (χ2n) is 6.87. The van der Waals surface area contributed by atoms with Gasteiger partial charge in [-0.05, 0) is 47.9 Å². The predicted octanol–water partition coefficient (Wildman–Crippen LogP) is 3.81. The summed E-state index contributed by atoms with van der Waals surface area (Å²) in [5.41, 5.74) is 2.77. The summed E-state index contributed by atoms with van der Waals surface area (Å²) in [6.07, 6.45) is 0.230. The number of carbonyl (C=O) groups excluding carboxylic acids is 2. The zero-order valence-corrected chi connectivity index (χ0v) is 15.4. The second-order valence-corrected chi connectivity index (χ2v) is 6.87. The molecule has 1 saturated heterocycles. The average molecular weight is 352 g/mol. The third kappa shape index (κ3) is 3.87. The zero-order valence-electron chi connectivity index (χ0n) is 15.4. The average Bonchev–Trinajstić information content (AvgIpc) is 3.04. The Bertz CT molecular complexity index is 782. The monoisotopic (exact) mass is 352 g/mol. The fourth-order valence-corrected chi connectivity index (χ4v) is 3.09. The van der Waals surface area contributed by atoms with Gasteiger partial charge in [0.15, 0.2) is 0 Å². The molecule has 1 N–H and O–H groups in total. The smallest absolute Gasteiger partial charge is 0.229 e. The molecule has 1 aliphatic rings. The maximum Gasteiger partial charge on any atom is 0.229 e. The highest BCUT2D eigenvalue weighted by Crippen LogP contribution is 2.27. The Kier molecular flexibility index (Phi) is 5.26. The molecule has 1 heterocycles. The van der Waals surface area contributed by atoms with Crippen LogP contribution in [0.15, 0.2) is 48.5 Å². The van der Waals surface area contributed by atoms with E-state index in [-0.39, 0.29) is 24.2 Å². The van der Waals surface area contributed by atoms with E-state index in [2.05, 4.69) is 19.2 Å². The van der Waals surface area contributed by atoms with E-state index in [1.165, 1.54) is 5.56 Å². The van der Waals surface area contributed by atoms with Crippen LogP contribution in [0.1, 0.15) is 31.7 Å². The van der Waals surface area contributed by atoms with Crippen LogP contribution in [0, 0.1) is 5.92 Å². The van der Waals surface area contributed by atoms with Gasteiger partial charge in [0.1, 0.15) is 5.75 Å². The Morgan fingerprint density at radius 2 is 1.77 bits per heavy atom. The molecule has 0 radical (unpaired) electrons. The van der Waals surface area contributed by atoms with E-state index in [1.54, 1.807) is 36.3 Å². The van der Waals surface area contributed by atoms with Gasteiger partial charge in [-0.3, -0.25) is 9.59 Å². The molecule has 26 heavy (non-hydrogen) atoms. The quantitative estimate of drug-likeness (QED) is 0.890. The third-order valence-corrected chi connectivity index (χ3v) is 4.72. The minimum absolute atomic E-state index is 0.0165. The second kappa shape index (κ2) is 7.60. The number of nitrogens with one attached hydrogen (secondary N) is 1. The van der Waals surface area contributed by atoms with Crippen LogP contribution in [0.5, 0.6) is 5.75 Å². The van der Waals surface area contributed by atoms with Gasteiger partial charge >= 0.3 is 0 Å². The van der Waals surface area contributed by atoms with Gasteiger partial charge in [-0.2, -0.15) is 0 Å². The Hall–Kier alpha value is -2.82. The Morgan fingerprint density at radius 3 is 2.35 bits per heavy atom. The summed E-state index contributed by atoms with van der Waals surface area (Å²) in [5.74, 6) is 0.674. The van der Waals surface area contributed by atoms with Crippen molar-refractivity contribution < 1.29 is 14.3 Å². The minimum atomic E-state index is -0.352. The van der Waals surface area contributed by atoms with Gasteiger partial charge in [0.25, 0.3) is 0 Å². The first-order valence-corrected chi connectivity index (χ1v) is 8.83. The Labute approximate surface area is 154 Å². The lowest BCUT2D eigenvalue weighted by Crippen LogP contribution is -2.28. The maximum absolute atomic E-state index is 12.5. The first-order chi connectivity index (χ1) is 12.5. The summed E-state index contributed by atoms with van der Waals surface area (Å²) in [4.78, 5) is 26.6. The number of benzene rings is 2.